The molecule has 0 saturated heterocycles. The smallest absolute Gasteiger partial charge is 0.453 e. The van der Waals surface area contributed by atoms with E-state index in [9.17, 15) is 31.9 Å². The molecule has 0 aromatic heterocycles. The van der Waals surface area contributed by atoms with Crippen LogP contribution < -0.4 is 5.32 Å². The number of esters is 1. The van der Waals surface area contributed by atoms with Crippen LogP contribution in [-0.4, -0.2) is 54.8 Å². The highest BCUT2D eigenvalue weighted by atomic mass is 19.4. The van der Waals surface area contributed by atoms with Gasteiger partial charge in [-0.05, 0) is 32.8 Å². The lowest BCUT2D eigenvalue weighted by Gasteiger charge is -2.21. The summed E-state index contributed by atoms with van der Waals surface area (Å²) in [6.07, 6.45) is -9.61. The van der Waals surface area contributed by atoms with Crippen molar-refractivity contribution in [3.8, 4) is 0 Å². The van der Waals surface area contributed by atoms with Crippen molar-refractivity contribution in [3.05, 3.63) is 12.2 Å². The summed E-state index contributed by atoms with van der Waals surface area (Å²) in [7, 11) is 0. The molecule has 26 heavy (non-hydrogen) atoms. The Labute approximate surface area is 149 Å². The summed E-state index contributed by atoms with van der Waals surface area (Å²) >= 11 is 0. The Kier molecular flexibility index (Phi) is 9.68. The van der Waals surface area contributed by atoms with Crippen molar-refractivity contribution in [3.63, 3.8) is 0 Å². The second-order valence-electron chi connectivity index (χ2n) is 6.76. The van der Waals surface area contributed by atoms with Crippen LogP contribution in [0.5, 0.6) is 0 Å². The van der Waals surface area contributed by atoms with Gasteiger partial charge in [-0.2, -0.15) is 22.0 Å². The third-order valence-electron chi connectivity index (χ3n) is 3.07. The molecule has 0 aliphatic carbocycles. The molecule has 0 aliphatic heterocycles. The number of alkyl halides is 5. The number of nitrogens with one attached hydrogen (secondary N) is 1. The molecule has 1 unspecified atom stereocenters. The Morgan fingerprint density at radius 2 is 1.73 bits per heavy atom. The number of ether oxygens (including phenoxy) is 2. The molecule has 1 atom stereocenters. The highest BCUT2D eigenvalue weighted by molar-refractivity contribution is 5.72. The predicted molar refractivity (Wildman–Crippen MR) is 84.7 cm³/mol. The van der Waals surface area contributed by atoms with Crippen molar-refractivity contribution in [2.45, 2.75) is 64.0 Å². The fraction of sp³-hybridized carbons (Fsp3) is 0.812. The second kappa shape index (κ2) is 10.2. The molecule has 0 saturated carbocycles. The number of aliphatic hydroxyl groups is 1. The zero-order valence-electron chi connectivity index (χ0n) is 15.1. The van der Waals surface area contributed by atoms with Crippen molar-refractivity contribution in [2.75, 3.05) is 19.8 Å². The zero-order chi connectivity index (χ0) is 20.6. The van der Waals surface area contributed by atoms with Crippen LogP contribution in [0.25, 0.3) is 0 Å². The van der Waals surface area contributed by atoms with Gasteiger partial charge in [0.2, 0.25) is 0 Å². The molecule has 0 aliphatic rings. The maximum Gasteiger partial charge on any atom is 0.453 e. The van der Waals surface area contributed by atoms with Gasteiger partial charge in [0.15, 0.2) is 6.29 Å². The van der Waals surface area contributed by atoms with Crippen LogP contribution in [-0.2, 0) is 14.3 Å². The monoisotopic (exact) mass is 391 g/mol. The van der Waals surface area contributed by atoms with E-state index in [1.807, 2.05) is 20.8 Å². The van der Waals surface area contributed by atoms with E-state index in [2.05, 4.69) is 16.6 Å². The SMILES string of the molecule is C=C(CC(=O)OCCCC(F)(F)C(F)(F)F)C(O)OCCNC(C)(C)C. The molecule has 0 heterocycles. The molecule has 0 fully saturated rings. The lowest BCUT2D eigenvalue weighted by atomic mass is 10.1. The molecule has 2 N–H and O–H groups in total. The summed E-state index contributed by atoms with van der Waals surface area (Å²) in [5.74, 6) is -5.73. The molecule has 0 amide bonds. The highest BCUT2D eigenvalue weighted by Crippen LogP contribution is 2.38. The number of hydrogen-bond acceptors (Lipinski definition) is 5. The van der Waals surface area contributed by atoms with Gasteiger partial charge in [0.1, 0.15) is 0 Å². The van der Waals surface area contributed by atoms with Gasteiger partial charge >= 0.3 is 18.1 Å². The van der Waals surface area contributed by atoms with Crippen molar-refractivity contribution >= 4 is 5.97 Å². The first-order valence-electron chi connectivity index (χ1n) is 7.98. The van der Waals surface area contributed by atoms with Gasteiger partial charge in [0.25, 0.3) is 0 Å². The minimum Gasteiger partial charge on any atom is -0.465 e. The number of halogens is 5. The number of rotatable bonds is 11. The lowest BCUT2D eigenvalue weighted by molar-refractivity contribution is -0.285. The number of aliphatic hydroxyl groups excluding tert-OH is 1. The van der Waals surface area contributed by atoms with E-state index in [4.69, 9.17) is 4.74 Å². The Morgan fingerprint density at radius 1 is 1.15 bits per heavy atom. The quantitative estimate of drug-likeness (QED) is 0.186. The van der Waals surface area contributed by atoms with Crippen LogP contribution in [0.3, 0.4) is 0 Å². The van der Waals surface area contributed by atoms with E-state index < -0.39 is 50.2 Å². The molecule has 5 nitrogen and oxygen atoms in total. The minimum absolute atomic E-state index is 0.00798. The van der Waals surface area contributed by atoms with Gasteiger partial charge in [0, 0.05) is 18.5 Å². The van der Waals surface area contributed by atoms with E-state index in [1.165, 1.54) is 0 Å². The summed E-state index contributed by atoms with van der Waals surface area (Å²) in [5, 5.41) is 12.8. The third kappa shape index (κ3) is 10.7. The van der Waals surface area contributed by atoms with E-state index in [-0.39, 0.29) is 17.7 Å². The summed E-state index contributed by atoms with van der Waals surface area (Å²) in [6.45, 7) is 9.31. The molecule has 0 spiro atoms. The zero-order valence-corrected chi connectivity index (χ0v) is 15.1. The maximum absolute atomic E-state index is 12.7. The van der Waals surface area contributed by atoms with Crippen LogP contribution in [0.2, 0.25) is 0 Å². The fourth-order valence-electron chi connectivity index (χ4n) is 1.66. The Bertz CT molecular complexity index is 461. The Balaban J connectivity index is 4.00. The summed E-state index contributed by atoms with van der Waals surface area (Å²) in [4.78, 5) is 11.5. The largest absolute Gasteiger partial charge is 0.465 e. The first kappa shape index (κ1) is 24.7. The molecule has 10 heteroatoms. The predicted octanol–water partition coefficient (Wildman–Crippen LogP) is 3.18. The van der Waals surface area contributed by atoms with Crippen LogP contribution in [0.1, 0.15) is 40.0 Å². The number of carbonyl (C=O) groups excluding carboxylic acids is 1. The average Bonchev–Trinajstić information content (AvgIpc) is 2.45. The molecule has 0 aromatic rings. The van der Waals surface area contributed by atoms with Crippen LogP contribution in [0, 0.1) is 0 Å². The van der Waals surface area contributed by atoms with E-state index in [0.717, 1.165) is 0 Å². The van der Waals surface area contributed by atoms with Crippen molar-refractivity contribution in [1.82, 2.24) is 5.32 Å². The van der Waals surface area contributed by atoms with Gasteiger partial charge in [-0.15, -0.1) is 0 Å². The van der Waals surface area contributed by atoms with E-state index >= 15 is 0 Å². The molecular formula is C16H26F5NO4. The first-order valence-corrected chi connectivity index (χ1v) is 7.98. The van der Waals surface area contributed by atoms with Gasteiger partial charge in [-0.1, -0.05) is 6.58 Å². The van der Waals surface area contributed by atoms with Gasteiger partial charge in [0.05, 0.1) is 19.6 Å². The summed E-state index contributed by atoms with van der Waals surface area (Å²) < 4.78 is 70.8. The Morgan fingerprint density at radius 3 is 2.23 bits per heavy atom. The molecule has 0 radical (unpaired) electrons. The van der Waals surface area contributed by atoms with Crippen molar-refractivity contribution in [2.24, 2.45) is 0 Å². The summed E-state index contributed by atoms with van der Waals surface area (Å²) in [5.41, 5.74) is -0.135. The molecular weight excluding hydrogens is 365 g/mol. The van der Waals surface area contributed by atoms with Crippen molar-refractivity contribution in [1.29, 1.82) is 0 Å². The maximum atomic E-state index is 12.7. The molecule has 0 rings (SSSR count). The van der Waals surface area contributed by atoms with Gasteiger partial charge < -0.3 is 19.9 Å². The van der Waals surface area contributed by atoms with Gasteiger partial charge in [-0.25, -0.2) is 0 Å². The number of hydrogen-bond donors (Lipinski definition) is 2. The van der Waals surface area contributed by atoms with Crippen LogP contribution in [0.15, 0.2) is 12.2 Å². The number of carbonyl (C=O) groups is 1. The standard InChI is InChI=1S/C16H26F5NO4/c1-11(13(24)26-9-7-22-14(2,3)4)10-12(23)25-8-5-6-15(17,18)16(19,20)21/h13,22,24H,1,5-10H2,2-4H3. The third-order valence-corrected chi connectivity index (χ3v) is 3.07. The minimum atomic E-state index is -5.63. The molecule has 154 valence electrons. The fourth-order valence-corrected chi connectivity index (χ4v) is 1.66. The Hall–Kier alpha value is -1.26. The highest BCUT2D eigenvalue weighted by Gasteiger charge is 2.56. The van der Waals surface area contributed by atoms with E-state index in [0.29, 0.717) is 6.54 Å². The first-order chi connectivity index (χ1) is 11.7. The normalized spacial score (nSPS) is 14.2. The van der Waals surface area contributed by atoms with Gasteiger partial charge in [-0.3, -0.25) is 4.79 Å². The second-order valence-corrected chi connectivity index (χ2v) is 6.76. The van der Waals surface area contributed by atoms with Crippen LogP contribution >= 0.6 is 0 Å². The molecule has 0 aromatic carbocycles. The van der Waals surface area contributed by atoms with Crippen molar-refractivity contribution < 1.29 is 41.3 Å². The van der Waals surface area contributed by atoms with E-state index in [1.54, 1.807) is 0 Å². The lowest BCUT2D eigenvalue weighted by Crippen LogP contribution is -2.38. The summed E-state index contributed by atoms with van der Waals surface area (Å²) in [6, 6.07) is 0. The topological polar surface area (TPSA) is 67.8 Å². The average molecular weight is 391 g/mol. The van der Waals surface area contributed by atoms with Crippen LogP contribution in [0.4, 0.5) is 22.0 Å². The molecule has 0 bridgehead atoms.